The van der Waals surface area contributed by atoms with E-state index < -0.39 is 23.9 Å². The lowest BCUT2D eigenvalue weighted by atomic mass is 10.1. The van der Waals surface area contributed by atoms with Gasteiger partial charge in [-0.25, -0.2) is 5.01 Å². The summed E-state index contributed by atoms with van der Waals surface area (Å²) in [5, 5.41) is 14.3. The lowest BCUT2D eigenvalue weighted by Gasteiger charge is -2.29. The molecular formula is C19H17F3N6O3. The summed E-state index contributed by atoms with van der Waals surface area (Å²) in [4.78, 5) is 23.4. The number of hydrogen-bond acceptors (Lipinski definition) is 7. The Balaban J connectivity index is 1.83. The number of nitrogens with zero attached hydrogens (tertiary/aromatic N) is 1. The minimum atomic E-state index is -4.87. The third kappa shape index (κ3) is 5.04. The molecule has 0 atom stereocenters. The Hall–Kier alpha value is -4.22. The lowest BCUT2D eigenvalue weighted by molar-refractivity contribution is -0.274. The van der Waals surface area contributed by atoms with E-state index in [1.54, 1.807) is 19.1 Å². The van der Waals surface area contributed by atoms with E-state index in [0.29, 0.717) is 11.5 Å². The summed E-state index contributed by atoms with van der Waals surface area (Å²) >= 11 is 0. The molecule has 2 aliphatic rings. The highest BCUT2D eigenvalue weighted by molar-refractivity contribution is 6.10. The molecule has 0 fully saturated rings. The molecule has 31 heavy (non-hydrogen) atoms. The molecule has 0 spiro atoms. The van der Waals surface area contributed by atoms with Crippen molar-refractivity contribution in [1.82, 2.24) is 21.1 Å². The molecule has 2 amide bonds. The van der Waals surface area contributed by atoms with Gasteiger partial charge in [-0.15, -0.1) is 13.2 Å². The zero-order valence-electron chi connectivity index (χ0n) is 16.0. The van der Waals surface area contributed by atoms with Gasteiger partial charge in [-0.1, -0.05) is 12.1 Å². The maximum absolute atomic E-state index is 12.7. The van der Waals surface area contributed by atoms with Crippen molar-refractivity contribution >= 4 is 23.3 Å². The monoisotopic (exact) mass is 434 g/mol. The van der Waals surface area contributed by atoms with Gasteiger partial charge in [0.25, 0.3) is 5.91 Å². The number of carbonyl (C=O) groups excluding carboxylic acids is 2. The average Bonchev–Trinajstić information content (AvgIpc) is 3.00. The van der Waals surface area contributed by atoms with Gasteiger partial charge in [0.15, 0.2) is 0 Å². The Morgan fingerprint density at radius 1 is 1.23 bits per heavy atom. The Bertz CT molecular complexity index is 1070. The number of ether oxygens (including phenoxy) is 1. The van der Waals surface area contributed by atoms with Crippen molar-refractivity contribution in [1.29, 1.82) is 5.41 Å². The average molecular weight is 434 g/mol. The highest BCUT2D eigenvalue weighted by atomic mass is 19.4. The zero-order valence-corrected chi connectivity index (χ0v) is 16.0. The lowest BCUT2D eigenvalue weighted by Crippen LogP contribution is -2.42. The van der Waals surface area contributed by atoms with Crippen LogP contribution in [0.2, 0.25) is 0 Å². The van der Waals surface area contributed by atoms with E-state index in [-0.39, 0.29) is 22.8 Å². The summed E-state index contributed by atoms with van der Waals surface area (Å²) in [6, 6.07) is 5.56. The van der Waals surface area contributed by atoms with Crippen molar-refractivity contribution in [3.05, 3.63) is 71.3 Å². The van der Waals surface area contributed by atoms with Gasteiger partial charge >= 0.3 is 6.36 Å². The normalized spacial score (nSPS) is 15.5. The molecule has 3 rings (SSSR count). The molecule has 0 saturated heterocycles. The summed E-state index contributed by atoms with van der Waals surface area (Å²) in [5.74, 6) is -1.82. The number of fused-ring (bicyclic) bond motifs is 1. The van der Waals surface area contributed by atoms with E-state index in [1.807, 2.05) is 0 Å². The number of hydrogen-bond donors (Lipinski definition) is 5. The van der Waals surface area contributed by atoms with Crippen molar-refractivity contribution in [2.24, 2.45) is 5.73 Å². The van der Waals surface area contributed by atoms with E-state index in [1.165, 1.54) is 29.3 Å². The van der Waals surface area contributed by atoms with Crippen LogP contribution < -0.4 is 26.5 Å². The predicted molar refractivity (Wildman–Crippen MR) is 104 cm³/mol. The third-order valence-electron chi connectivity index (χ3n) is 4.06. The second kappa shape index (κ2) is 8.26. The first-order chi connectivity index (χ1) is 14.5. The smallest absolute Gasteiger partial charge is 0.405 e. The van der Waals surface area contributed by atoms with Crippen LogP contribution in [-0.2, 0) is 9.59 Å². The number of para-hydroxylation sites is 1. The maximum Gasteiger partial charge on any atom is 0.573 e. The molecule has 0 bridgehead atoms. The van der Waals surface area contributed by atoms with Crippen molar-refractivity contribution in [2.45, 2.75) is 13.3 Å². The van der Waals surface area contributed by atoms with Crippen LogP contribution in [0.15, 0.2) is 65.8 Å². The summed E-state index contributed by atoms with van der Waals surface area (Å²) in [7, 11) is 0. The number of carbonyl (C=O) groups is 2. The van der Waals surface area contributed by atoms with Gasteiger partial charge in [-0.05, 0) is 37.3 Å². The molecule has 0 saturated carbocycles. The topological polar surface area (TPSA) is 133 Å². The Morgan fingerprint density at radius 2 is 1.94 bits per heavy atom. The fourth-order valence-corrected chi connectivity index (χ4v) is 2.86. The number of nitrogens with two attached hydrogens (primary N) is 1. The second-order valence-corrected chi connectivity index (χ2v) is 6.33. The molecule has 0 unspecified atom stereocenters. The molecule has 6 N–H and O–H groups in total. The molecule has 0 aliphatic carbocycles. The highest BCUT2D eigenvalue weighted by Gasteiger charge is 2.35. The molecule has 162 valence electrons. The van der Waals surface area contributed by atoms with Crippen LogP contribution in [-0.4, -0.2) is 29.0 Å². The Kier molecular flexibility index (Phi) is 5.72. The Morgan fingerprint density at radius 3 is 2.61 bits per heavy atom. The number of allylic oxidation sites excluding steroid dienone is 3. The molecular weight excluding hydrogens is 417 g/mol. The van der Waals surface area contributed by atoms with E-state index in [0.717, 1.165) is 12.2 Å². The van der Waals surface area contributed by atoms with Crippen LogP contribution in [0.3, 0.4) is 0 Å². The molecule has 0 aromatic heterocycles. The largest absolute Gasteiger partial charge is 0.573 e. The first-order valence-corrected chi connectivity index (χ1v) is 8.74. The van der Waals surface area contributed by atoms with Crippen LogP contribution in [0.1, 0.15) is 12.5 Å². The van der Waals surface area contributed by atoms with Gasteiger partial charge in [0.2, 0.25) is 5.91 Å². The number of primary amides is 1. The number of nitrogens with one attached hydrogen (secondary N) is 4. The molecule has 9 nitrogen and oxygen atoms in total. The van der Waals surface area contributed by atoms with E-state index in [4.69, 9.17) is 11.1 Å². The first kappa shape index (κ1) is 21.5. The summed E-state index contributed by atoms with van der Waals surface area (Å²) in [6.07, 6.45) is 0.165. The molecule has 12 heteroatoms. The van der Waals surface area contributed by atoms with Gasteiger partial charge in [0.1, 0.15) is 23.1 Å². The summed E-state index contributed by atoms with van der Waals surface area (Å²) in [6.45, 7) is 1.61. The Labute approximate surface area is 174 Å². The maximum atomic E-state index is 12.7. The summed E-state index contributed by atoms with van der Waals surface area (Å²) in [5.41, 5.74) is 8.70. The van der Waals surface area contributed by atoms with E-state index in [9.17, 15) is 22.8 Å². The van der Waals surface area contributed by atoms with Gasteiger partial charge in [0.05, 0.1) is 5.70 Å². The number of hydrazine groups is 1. The standard InChI is InChI=1S/C19H17F3N6O3/c1-10-17(18(30)26-14(23)7-8-15(24)29)28-16(25-10)9-6-12(27-28)11-4-2-3-5-13(11)31-19(20,21)22/h2-9,25,27H,1H3,(H2,24,29)(H2,23,26,30). The third-order valence-corrected chi connectivity index (χ3v) is 4.06. The van der Waals surface area contributed by atoms with Crippen LogP contribution in [0.5, 0.6) is 5.75 Å². The number of rotatable bonds is 5. The molecule has 0 radical (unpaired) electrons. The SMILES string of the molecule is CC1=C(C(=O)NC(=N)C=CC(N)=O)N2NC(c3ccccc3OC(F)(F)F)=CC=C2N1. The van der Waals surface area contributed by atoms with Gasteiger partial charge in [-0.2, -0.15) is 0 Å². The van der Waals surface area contributed by atoms with Gasteiger partial charge in [-0.3, -0.25) is 20.4 Å². The number of amidine groups is 1. The van der Waals surface area contributed by atoms with Crippen molar-refractivity contribution in [2.75, 3.05) is 0 Å². The van der Waals surface area contributed by atoms with E-state index >= 15 is 0 Å². The van der Waals surface area contributed by atoms with Gasteiger partial charge < -0.3 is 21.1 Å². The zero-order chi connectivity index (χ0) is 22.8. The molecule has 2 heterocycles. The molecule has 2 aliphatic heterocycles. The first-order valence-electron chi connectivity index (χ1n) is 8.74. The fraction of sp³-hybridized carbons (Fsp3) is 0.105. The van der Waals surface area contributed by atoms with Crippen LogP contribution in [0, 0.1) is 5.41 Å². The van der Waals surface area contributed by atoms with Crippen molar-refractivity contribution in [3.63, 3.8) is 0 Å². The van der Waals surface area contributed by atoms with E-state index in [2.05, 4.69) is 20.8 Å². The predicted octanol–water partition coefficient (Wildman–Crippen LogP) is 1.56. The molecule has 1 aromatic rings. The second-order valence-electron chi connectivity index (χ2n) is 6.33. The van der Waals surface area contributed by atoms with Gasteiger partial charge in [0, 0.05) is 17.3 Å². The summed E-state index contributed by atoms with van der Waals surface area (Å²) < 4.78 is 42.3. The van der Waals surface area contributed by atoms with Crippen molar-refractivity contribution < 1.29 is 27.5 Å². The quantitative estimate of drug-likeness (QED) is 0.271. The van der Waals surface area contributed by atoms with Crippen LogP contribution in [0.25, 0.3) is 5.70 Å². The highest BCUT2D eigenvalue weighted by Crippen LogP contribution is 2.33. The number of alkyl halides is 3. The van der Waals surface area contributed by atoms with Crippen LogP contribution >= 0.6 is 0 Å². The fourth-order valence-electron chi connectivity index (χ4n) is 2.86. The molecule has 1 aromatic carbocycles. The van der Waals surface area contributed by atoms with Crippen LogP contribution in [0.4, 0.5) is 13.2 Å². The number of amides is 2. The van der Waals surface area contributed by atoms with Crippen molar-refractivity contribution in [3.8, 4) is 5.75 Å². The number of benzene rings is 1. The number of halogens is 3. The minimum absolute atomic E-state index is 0.0725. The minimum Gasteiger partial charge on any atom is -0.405 e.